The van der Waals surface area contributed by atoms with Crippen LogP contribution in [-0.4, -0.2) is 44.8 Å². The molecule has 0 bridgehead atoms. The van der Waals surface area contributed by atoms with E-state index in [2.05, 4.69) is 9.59 Å². The molecule has 0 unspecified atom stereocenters. The van der Waals surface area contributed by atoms with Gasteiger partial charge in [0.05, 0.1) is 13.1 Å². The van der Waals surface area contributed by atoms with Crippen molar-refractivity contribution in [2.45, 2.75) is 12.7 Å². The first-order valence-corrected chi connectivity index (χ1v) is 5.40. The summed E-state index contributed by atoms with van der Waals surface area (Å²) < 4.78 is 40.2. The van der Waals surface area contributed by atoms with Crippen LogP contribution in [0.15, 0.2) is 0 Å². The summed E-state index contributed by atoms with van der Waals surface area (Å²) in [5, 5.41) is 12.0. The molecule has 0 aliphatic carbocycles. The van der Waals surface area contributed by atoms with Crippen molar-refractivity contribution in [3.05, 3.63) is 10.0 Å². The van der Waals surface area contributed by atoms with E-state index in [1.54, 1.807) is 0 Å². The fourth-order valence-electron chi connectivity index (χ4n) is 1.12. The van der Waals surface area contributed by atoms with Crippen LogP contribution in [0.1, 0.15) is 5.69 Å². The molecule has 1 heterocycles. The molecule has 0 aliphatic rings. The standard InChI is InChI=1S/C7H7ClF3N3O2S/c8-6-4(12-13-17-6)1-14(2-5(15)16)3-7(9,10)11/h1-3H2,(H,15,16). The molecule has 96 valence electrons. The molecule has 17 heavy (non-hydrogen) atoms. The summed E-state index contributed by atoms with van der Waals surface area (Å²) >= 11 is 6.46. The van der Waals surface area contributed by atoms with Crippen molar-refractivity contribution in [1.82, 2.24) is 14.5 Å². The number of aliphatic carboxylic acids is 1. The molecule has 0 aliphatic heterocycles. The lowest BCUT2D eigenvalue weighted by atomic mass is 10.4. The van der Waals surface area contributed by atoms with Crippen LogP contribution in [-0.2, 0) is 11.3 Å². The maximum atomic E-state index is 12.2. The van der Waals surface area contributed by atoms with Crippen LogP contribution >= 0.6 is 23.1 Å². The van der Waals surface area contributed by atoms with E-state index in [1.165, 1.54) is 0 Å². The number of halogens is 4. The molecule has 0 saturated carbocycles. The van der Waals surface area contributed by atoms with Crippen LogP contribution in [0.3, 0.4) is 0 Å². The summed E-state index contributed by atoms with van der Waals surface area (Å²) in [5.41, 5.74) is 0.141. The van der Waals surface area contributed by atoms with Crippen LogP contribution in [0, 0.1) is 0 Å². The minimum absolute atomic E-state index is 0.141. The second-order valence-electron chi connectivity index (χ2n) is 3.15. The zero-order valence-corrected chi connectivity index (χ0v) is 9.81. The Balaban J connectivity index is 2.70. The van der Waals surface area contributed by atoms with Gasteiger partial charge in [-0.1, -0.05) is 16.1 Å². The predicted octanol–water partition coefficient (Wildman–Crippen LogP) is 1.64. The average molecular weight is 290 g/mol. The van der Waals surface area contributed by atoms with Gasteiger partial charge >= 0.3 is 12.1 Å². The minimum atomic E-state index is -4.48. The van der Waals surface area contributed by atoms with Crippen LogP contribution < -0.4 is 0 Å². The molecular formula is C7H7ClF3N3O2S. The number of alkyl halides is 3. The van der Waals surface area contributed by atoms with Gasteiger partial charge in [-0.25, -0.2) is 0 Å². The van der Waals surface area contributed by atoms with Crippen LogP contribution in [0.2, 0.25) is 4.34 Å². The van der Waals surface area contributed by atoms with Gasteiger partial charge in [0.2, 0.25) is 0 Å². The second kappa shape index (κ2) is 5.61. The predicted molar refractivity (Wildman–Crippen MR) is 53.9 cm³/mol. The molecule has 1 aromatic rings. The topological polar surface area (TPSA) is 66.3 Å². The second-order valence-corrected chi connectivity index (χ2v) is 4.50. The molecule has 5 nitrogen and oxygen atoms in total. The van der Waals surface area contributed by atoms with Crippen molar-refractivity contribution in [2.24, 2.45) is 0 Å². The molecule has 1 aromatic heterocycles. The van der Waals surface area contributed by atoms with E-state index in [0.29, 0.717) is 4.90 Å². The Morgan fingerprint density at radius 2 is 2.18 bits per heavy atom. The van der Waals surface area contributed by atoms with Gasteiger partial charge in [0.15, 0.2) is 0 Å². The maximum Gasteiger partial charge on any atom is 0.401 e. The number of carboxylic acids is 1. The molecule has 0 atom stereocenters. The van der Waals surface area contributed by atoms with Gasteiger partial charge in [-0.2, -0.15) is 13.2 Å². The zero-order chi connectivity index (χ0) is 13.1. The number of rotatable bonds is 5. The van der Waals surface area contributed by atoms with Crippen molar-refractivity contribution in [1.29, 1.82) is 0 Å². The molecular weight excluding hydrogens is 283 g/mol. The van der Waals surface area contributed by atoms with Gasteiger partial charge < -0.3 is 5.11 Å². The van der Waals surface area contributed by atoms with E-state index < -0.39 is 25.2 Å². The third-order valence-electron chi connectivity index (χ3n) is 1.64. The fourth-order valence-corrected chi connectivity index (χ4v) is 1.73. The molecule has 1 rings (SSSR count). The highest BCUT2D eigenvalue weighted by atomic mass is 35.5. The van der Waals surface area contributed by atoms with Crippen LogP contribution in [0.5, 0.6) is 0 Å². The van der Waals surface area contributed by atoms with Crippen LogP contribution in [0.25, 0.3) is 0 Å². The Morgan fingerprint density at radius 1 is 1.53 bits per heavy atom. The SMILES string of the molecule is O=C(O)CN(Cc1nnsc1Cl)CC(F)(F)F. The van der Waals surface area contributed by atoms with Gasteiger partial charge in [-0.05, 0) is 0 Å². The number of hydrogen-bond donors (Lipinski definition) is 1. The van der Waals surface area contributed by atoms with E-state index in [9.17, 15) is 18.0 Å². The van der Waals surface area contributed by atoms with E-state index in [0.717, 1.165) is 11.5 Å². The Hall–Kier alpha value is -0.930. The van der Waals surface area contributed by atoms with E-state index in [4.69, 9.17) is 16.7 Å². The van der Waals surface area contributed by atoms with E-state index in [-0.39, 0.29) is 16.6 Å². The molecule has 0 saturated heterocycles. The van der Waals surface area contributed by atoms with Crippen molar-refractivity contribution in [3.8, 4) is 0 Å². The number of aromatic nitrogens is 2. The Kier molecular flexibility index (Phi) is 4.66. The van der Waals surface area contributed by atoms with Gasteiger partial charge in [-0.15, -0.1) is 5.10 Å². The highest BCUT2D eigenvalue weighted by molar-refractivity contribution is 7.10. The zero-order valence-electron chi connectivity index (χ0n) is 8.24. The minimum Gasteiger partial charge on any atom is -0.480 e. The van der Waals surface area contributed by atoms with Gasteiger partial charge in [-0.3, -0.25) is 9.69 Å². The average Bonchev–Trinajstić information content (AvgIpc) is 2.47. The van der Waals surface area contributed by atoms with Gasteiger partial charge in [0.1, 0.15) is 10.0 Å². The third kappa shape index (κ3) is 5.29. The van der Waals surface area contributed by atoms with Crippen molar-refractivity contribution >= 4 is 29.1 Å². The van der Waals surface area contributed by atoms with E-state index >= 15 is 0 Å². The van der Waals surface area contributed by atoms with Gasteiger partial charge in [0.25, 0.3) is 0 Å². The lowest BCUT2D eigenvalue weighted by molar-refractivity contribution is -0.155. The van der Waals surface area contributed by atoms with Crippen LogP contribution in [0.4, 0.5) is 13.2 Å². The summed E-state index contributed by atoms with van der Waals surface area (Å²) in [6.45, 7) is -2.39. The highest BCUT2D eigenvalue weighted by Gasteiger charge is 2.32. The molecule has 0 fully saturated rings. The first-order chi connectivity index (χ1) is 7.78. The monoisotopic (exact) mass is 289 g/mol. The summed E-state index contributed by atoms with van der Waals surface area (Å²) in [6, 6.07) is 0. The summed E-state index contributed by atoms with van der Waals surface area (Å²) in [6.07, 6.45) is -4.48. The Labute approximate surface area is 103 Å². The first-order valence-electron chi connectivity index (χ1n) is 4.25. The Morgan fingerprint density at radius 3 is 2.59 bits per heavy atom. The largest absolute Gasteiger partial charge is 0.480 e. The molecule has 0 amide bonds. The third-order valence-corrected chi connectivity index (χ3v) is 2.63. The number of carboxylic acid groups (broad SMARTS) is 1. The number of nitrogens with zero attached hydrogens (tertiary/aromatic N) is 3. The first kappa shape index (κ1) is 14.1. The number of hydrogen-bond acceptors (Lipinski definition) is 5. The highest BCUT2D eigenvalue weighted by Crippen LogP contribution is 2.21. The quantitative estimate of drug-likeness (QED) is 0.892. The summed E-state index contributed by atoms with van der Waals surface area (Å²) in [7, 11) is 0. The lowest BCUT2D eigenvalue weighted by Gasteiger charge is -2.20. The fraction of sp³-hybridized carbons (Fsp3) is 0.571. The Bertz CT molecular complexity index is 398. The molecule has 1 N–H and O–H groups in total. The maximum absolute atomic E-state index is 12.2. The normalized spacial score (nSPS) is 12.1. The van der Waals surface area contributed by atoms with Crippen molar-refractivity contribution < 1.29 is 23.1 Å². The lowest BCUT2D eigenvalue weighted by Crippen LogP contribution is -2.37. The van der Waals surface area contributed by atoms with Gasteiger partial charge in [0, 0.05) is 18.1 Å². The smallest absolute Gasteiger partial charge is 0.401 e. The molecule has 0 aromatic carbocycles. The van der Waals surface area contributed by atoms with E-state index in [1.807, 2.05) is 0 Å². The van der Waals surface area contributed by atoms with Crippen molar-refractivity contribution in [2.75, 3.05) is 13.1 Å². The van der Waals surface area contributed by atoms with Crippen molar-refractivity contribution in [3.63, 3.8) is 0 Å². The summed E-state index contributed by atoms with van der Waals surface area (Å²) in [4.78, 5) is 11.1. The number of carbonyl (C=O) groups is 1. The molecule has 10 heteroatoms. The molecule has 0 spiro atoms. The molecule has 0 radical (unpaired) electrons. The summed E-state index contributed by atoms with van der Waals surface area (Å²) in [5.74, 6) is -1.35.